The molecule has 3 fully saturated rings. The summed E-state index contributed by atoms with van der Waals surface area (Å²) >= 11 is 0. The molecule has 242 valence electrons. The Hall–Kier alpha value is -3.42. The Morgan fingerprint density at radius 2 is 1.72 bits per heavy atom. The van der Waals surface area contributed by atoms with E-state index >= 15 is 4.39 Å². The lowest BCUT2D eigenvalue weighted by atomic mass is 9.47. The molecular weight excluding hydrogens is 579 g/mol. The minimum absolute atomic E-state index is 0.123. The van der Waals surface area contributed by atoms with Gasteiger partial charge in [-0.25, -0.2) is 4.39 Å². The SMILES string of the molecule is CC(C)(C)C(=O)O[C@@]12CC[C@@H](NCc3ccccc3)[C@@H]3Oc4c(OCc5ccccc5)ccc5c4[C@@]31[C@@H](F)CN(CC1CC1)[C@H]2C5. The number of rotatable bonds is 9. The third-order valence-electron chi connectivity index (χ3n) is 11.2. The van der Waals surface area contributed by atoms with Crippen molar-refractivity contribution >= 4 is 5.97 Å². The monoisotopic (exact) mass is 624 g/mol. The molecule has 1 N–H and O–H groups in total. The zero-order valence-electron chi connectivity index (χ0n) is 27.1. The van der Waals surface area contributed by atoms with Crippen LogP contribution in [0.5, 0.6) is 11.5 Å². The summed E-state index contributed by atoms with van der Waals surface area (Å²) in [5.41, 5.74) is 1.23. The second-order valence-corrected chi connectivity index (χ2v) is 15.2. The first-order valence-electron chi connectivity index (χ1n) is 17.1. The van der Waals surface area contributed by atoms with Gasteiger partial charge in [0.2, 0.25) is 0 Å². The standard InChI is InChI=1S/C39H45FN2O4/c1-37(2,3)36(43)46-38-19-18-29(41-21-25-10-6-4-7-11-25)35-39(38)31(40)23-42(22-26-14-15-26)32(38)20-28-16-17-30(34(45-35)33(28)39)44-24-27-12-8-5-9-13-27/h4-13,16-17,26,29,31-32,35,41H,14-15,18-24H2,1-3H3/t29-,31+,32+,35+,38-,39+/m1/s1. The number of nitrogens with zero attached hydrogens (tertiary/aromatic N) is 1. The van der Waals surface area contributed by atoms with Gasteiger partial charge in [0.25, 0.3) is 0 Å². The van der Waals surface area contributed by atoms with Gasteiger partial charge in [0.1, 0.15) is 29.9 Å². The van der Waals surface area contributed by atoms with Crippen molar-refractivity contribution < 1.29 is 23.4 Å². The Balaban J connectivity index is 1.26. The molecule has 46 heavy (non-hydrogen) atoms. The molecule has 6 nitrogen and oxygen atoms in total. The highest BCUT2D eigenvalue weighted by atomic mass is 19.1. The van der Waals surface area contributed by atoms with E-state index in [0.717, 1.165) is 28.8 Å². The van der Waals surface area contributed by atoms with Crippen LogP contribution in [0.25, 0.3) is 0 Å². The molecule has 2 saturated carbocycles. The summed E-state index contributed by atoms with van der Waals surface area (Å²) in [6, 6.07) is 24.2. The molecule has 6 atom stereocenters. The molecule has 5 aliphatic rings. The van der Waals surface area contributed by atoms with E-state index in [2.05, 4.69) is 28.4 Å². The molecule has 2 heterocycles. The molecule has 1 spiro atoms. The van der Waals surface area contributed by atoms with E-state index in [-0.39, 0.29) is 18.1 Å². The van der Waals surface area contributed by atoms with Gasteiger partial charge in [-0.15, -0.1) is 0 Å². The molecule has 1 saturated heterocycles. The van der Waals surface area contributed by atoms with Gasteiger partial charge in [0.15, 0.2) is 11.5 Å². The molecule has 2 aliphatic heterocycles. The topological polar surface area (TPSA) is 60.0 Å². The maximum atomic E-state index is 17.8. The summed E-state index contributed by atoms with van der Waals surface area (Å²) in [6.07, 6.45) is 2.49. The number of carbonyl (C=O) groups excluding carboxylic acids is 1. The number of hydrogen-bond acceptors (Lipinski definition) is 6. The van der Waals surface area contributed by atoms with Gasteiger partial charge in [0.05, 0.1) is 11.5 Å². The number of likely N-dealkylation sites (tertiary alicyclic amines) is 1. The number of ether oxygens (including phenoxy) is 3. The second kappa shape index (κ2) is 11.1. The summed E-state index contributed by atoms with van der Waals surface area (Å²) in [7, 11) is 0. The van der Waals surface area contributed by atoms with Gasteiger partial charge in [-0.3, -0.25) is 9.69 Å². The predicted molar refractivity (Wildman–Crippen MR) is 175 cm³/mol. The number of esters is 1. The Morgan fingerprint density at radius 3 is 2.41 bits per heavy atom. The third-order valence-corrected chi connectivity index (χ3v) is 11.2. The highest BCUT2D eigenvalue weighted by Gasteiger charge is 2.79. The Morgan fingerprint density at radius 1 is 1.00 bits per heavy atom. The zero-order valence-corrected chi connectivity index (χ0v) is 27.1. The van der Waals surface area contributed by atoms with E-state index in [9.17, 15) is 4.79 Å². The average molecular weight is 625 g/mol. The number of carbonyl (C=O) groups is 1. The van der Waals surface area contributed by atoms with Crippen LogP contribution in [0.4, 0.5) is 4.39 Å². The molecule has 7 heteroatoms. The molecular formula is C39H45FN2O4. The van der Waals surface area contributed by atoms with Crippen LogP contribution in [0, 0.1) is 11.3 Å². The van der Waals surface area contributed by atoms with Gasteiger partial charge < -0.3 is 19.5 Å². The molecule has 8 rings (SSSR count). The van der Waals surface area contributed by atoms with Gasteiger partial charge in [-0.05, 0) is 81.5 Å². The van der Waals surface area contributed by atoms with Crippen molar-refractivity contribution in [1.82, 2.24) is 10.2 Å². The molecule has 0 radical (unpaired) electrons. The van der Waals surface area contributed by atoms with Crippen LogP contribution in [-0.4, -0.2) is 53.9 Å². The van der Waals surface area contributed by atoms with Crippen molar-refractivity contribution in [3.05, 3.63) is 95.1 Å². The first-order valence-corrected chi connectivity index (χ1v) is 17.1. The van der Waals surface area contributed by atoms with E-state index in [1.807, 2.05) is 75.4 Å². The maximum absolute atomic E-state index is 17.8. The molecule has 0 aromatic heterocycles. The maximum Gasteiger partial charge on any atom is 0.311 e. The molecule has 3 aromatic rings. The number of nitrogens with one attached hydrogen (secondary N) is 1. The van der Waals surface area contributed by atoms with Crippen LogP contribution in [0.2, 0.25) is 0 Å². The first kappa shape index (κ1) is 29.9. The summed E-state index contributed by atoms with van der Waals surface area (Å²) in [5.74, 6) is 1.55. The van der Waals surface area contributed by atoms with Crippen LogP contribution in [0.3, 0.4) is 0 Å². The Kier molecular flexibility index (Phi) is 7.22. The zero-order chi connectivity index (χ0) is 31.7. The second-order valence-electron chi connectivity index (χ2n) is 15.2. The van der Waals surface area contributed by atoms with Crippen molar-refractivity contribution in [2.24, 2.45) is 11.3 Å². The summed E-state index contributed by atoms with van der Waals surface area (Å²) in [5, 5.41) is 3.77. The van der Waals surface area contributed by atoms with E-state index < -0.39 is 28.7 Å². The Labute approximate surface area is 271 Å². The van der Waals surface area contributed by atoms with E-state index in [4.69, 9.17) is 14.2 Å². The summed E-state index contributed by atoms with van der Waals surface area (Å²) in [6.45, 7) is 7.85. The molecule has 0 amide bonds. The summed E-state index contributed by atoms with van der Waals surface area (Å²) in [4.78, 5) is 16.3. The van der Waals surface area contributed by atoms with Crippen LogP contribution in [-0.2, 0) is 34.5 Å². The van der Waals surface area contributed by atoms with E-state index in [0.29, 0.717) is 56.4 Å². The minimum atomic E-state index is -1.29. The van der Waals surface area contributed by atoms with Gasteiger partial charge in [-0.1, -0.05) is 66.7 Å². The highest BCUT2D eigenvalue weighted by molar-refractivity contribution is 5.77. The molecule has 0 unspecified atom stereocenters. The smallest absolute Gasteiger partial charge is 0.311 e. The predicted octanol–water partition coefficient (Wildman–Crippen LogP) is 6.53. The molecule has 2 bridgehead atoms. The van der Waals surface area contributed by atoms with Crippen molar-refractivity contribution in [3.8, 4) is 11.5 Å². The normalized spacial score (nSPS) is 31.1. The van der Waals surface area contributed by atoms with E-state index in [1.54, 1.807) is 0 Å². The lowest BCUT2D eigenvalue weighted by Gasteiger charge is -2.66. The van der Waals surface area contributed by atoms with Crippen LogP contribution >= 0.6 is 0 Å². The number of benzene rings is 3. The number of halogens is 1. The third kappa shape index (κ3) is 4.68. The van der Waals surface area contributed by atoms with E-state index in [1.165, 1.54) is 12.8 Å². The fourth-order valence-corrected chi connectivity index (χ4v) is 8.86. The highest BCUT2D eigenvalue weighted by Crippen LogP contribution is 2.67. The van der Waals surface area contributed by atoms with Crippen molar-refractivity contribution in [2.75, 3.05) is 13.1 Å². The quantitative estimate of drug-likeness (QED) is 0.273. The lowest BCUT2D eigenvalue weighted by molar-refractivity contribution is -0.242. The van der Waals surface area contributed by atoms with Gasteiger partial charge in [-0.2, -0.15) is 0 Å². The minimum Gasteiger partial charge on any atom is -0.485 e. The lowest BCUT2D eigenvalue weighted by Crippen LogP contribution is -2.83. The molecule has 3 aromatic carbocycles. The number of piperidine rings is 1. The first-order chi connectivity index (χ1) is 22.2. The average Bonchev–Trinajstić information content (AvgIpc) is 3.79. The van der Waals surface area contributed by atoms with Crippen LogP contribution in [0.1, 0.15) is 68.7 Å². The van der Waals surface area contributed by atoms with Gasteiger partial charge in [0, 0.05) is 31.2 Å². The number of hydrogen-bond donors (Lipinski definition) is 1. The summed E-state index contributed by atoms with van der Waals surface area (Å²) < 4.78 is 38.2. The van der Waals surface area contributed by atoms with Crippen molar-refractivity contribution in [1.29, 1.82) is 0 Å². The fraction of sp³-hybridized carbons (Fsp3) is 0.513. The Bertz CT molecular complexity index is 1610. The largest absolute Gasteiger partial charge is 0.485 e. The van der Waals surface area contributed by atoms with Crippen molar-refractivity contribution in [2.45, 2.75) is 101 Å². The van der Waals surface area contributed by atoms with Crippen molar-refractivity contribution in [3.63, 3.8) is 0 Å². The van der Waals surface area contributed by atoms with Crippen LogP contribution in [0.15, 0.2) is 72.8 Å². The molecule has 3 aliphatic carbocycles. The fourth-order valence-electron chi connectivity index (χ4n) is 8.86. The number of alkyl halides is 1. The van der Waals surface area contributed by atoms with Gasteiger partial charge >= 0.3 is 5.97 Å². The van der Waals surface area contributed by atoms with Crippen LogP contribution < -0.4 is 14.8 Å².